The minimum atomic E-state index is -0.188. The number of carbonyl (C=O) groups is 1. The summed E-state index contributed by atoms with van der Waals surface area (Å²) < 4.78 is 0. The van der Waals surface area contributed by atoms with Gasteiger partial charge in [0, 0.05) is 47.4 Å². The average Bonchev–Trinajstić information content (AvgIpc) is 3.22. The molecular weight excluding hydrogens is 388 g/mol. The molecule has 0 unspecified atom stereocenters. The predicted molar refractivity (Wildman–Crippen MR) is 119 cm³/mol. The number of nitrogens with one attached hydrogen (secondary N) is 1. The molecule has 0 bridgehead atoms. The summed E-state index contributed by atoms with van der Waals surface area (Å²) in [5.74, 6) is 3.11. The molecule has 0 aliphatic carbocycles. The van der Waals surface area contributed by atoms with Gasteiger partial charge in [0.25, 0.3) is 5.91 Å². The van der Waals surface area contributed by atoms with Crippen molar-refractivity contribution in [2.45, 2.75) is 13.8 Å². The molecule has 5 nitrogen and oxygen atoms in total. The van der Waals surface area contributed by atoms with Gasteiger partial charge in [0.2, 0.25) is 0 Å². The van der Waals surface area contributed by atoms with E-state index in [2.05, 4.69) is 20.2 Å². The van der Waals surface area contributed by atoms with E-state index in [-0.39, 0.29) is 5.91 Å². The van der Waals surface area contributed by atoms with Crippen LogP contribution in [-0.4, -0.2) is 40.5 Å². The molecule has 1 amide bonds. The lowest BCUT2D eigenvalue weighted by atomic mass is 10.1. The maximum atomic E-state index is 12.6. The fourth-order valence-electron chi connectivity index (χ4n) is 3.06. The zero-order chi connectivity index (χ0) is 19.5. The second-order valence-electron chi connectivity index (χ2n) is 6.81. The number of carbonyl (C=O) groups excluding carboxylic acids is 1. The highest BCUT2D eigenvalue weighted by atomic mass is 32.2. The van der Waals surface area contributed by atoms with Crippen molar-refractivity contribution >= 4 is 40.5 Å². The van der Waals surface area contributed by atoms with E-state index in [0.29, 0.717) is 5.69 Å². The molecule has 1 aromatic carbocycles. The van der Waals surface area contributed by atoms with Gasteiger partial charge in [-0.1, -0.05) is 12.1 Å². The van der Waals surface area contributed by atoms with Crippen molar-refractivity contribution in [1.29, 1.82) is 0 Å². The van der Waals surface area contributed by atoms with Gasteiger partial charge in [-0.15, -0.1) is 11.3 Å². The molecule has 4 rings (SSSR count). The average molecular weight is 411 g/mol. The molecule has 1 N–H and O–H groups in total. The smallest absolute Gasteiger partial charge is 0.275 e. The summed E-state index contributed by atoms with van der Waals surface area (Å²) >= 11 is 3.45. The number of hydrogen-bond donors (Lipinski definition) is 1. The maximum absolute atomic E-state index is 12.6. The lowest BCUT2D eigenvalue weighted by Crippen LogP contribution is -2.32. The molecule has 1 saturated heterocycles. The van der Waals surface area contributed by atoms with E-state index in [4.69, 9.17) is 0 Å². The van der Waals surface area contributed by atoms with E-state index in [1.165, 1.54) is 11.3 Å². The molecule has 144 valence electrons. The van der Waals surface area contributed by atoms with Crippen molar-refractivity contribution in [1.82, 2.24) is 9.97 Å². The number of thioether (sulfide) groups is 1. The number of amides is 1. The molecule has 0 radical (unpaired) electrons. The highest BCUT2D eigenvalue weighted by molar-refractivity contribution is 7.99. The second-order valence-corrected chi connectivity index (χ2v) is 8.90. The molecule has 1 aliphatic heterocycles. The Kier molecular flexibility index (Phi) is 5.64. The van der Waals surface area contributed by atoms with Crippen molar-refractivity contribution in [2.75, 3.05) is 34.8 Å². The van der Waals surface area contributed by atoms with Gasteiger partial charge >= 0.3 is 0 Å². The minimum absolute atomic E-state index is 0.188. The zero-order valence-corrected chi connectivity index (χ0v) is 17.6. The molecule has 7 heteroatoms. The first-order valence-electron chi connectivity index (χ1n) is 9.23. The number of thiazole rings is 1. The molecule has 0 saturated carbocycles. The third-order valence-corrected chi connectivity index (χ3v) is 6.54. The predicted octanol–water partition coefficient (Wildman–Crippen LogP) is 4.63. The Morgan fingerprint density at radius 1 is 1.14 bits per heavy atom. The number of aryl methyl sites for hydroxylation is 2. The van der Waals surface area contributed by atoms with E-state index in [1.807, 2.05) is 62.1 Å². The second kappa shape index (κ2) is 8.32. The summed E-state index contributed by atoms with van der Waals surface area (Å²) in [7, 11) is 0. The number of aromatic nitrogens is 2. The largest absolute Gasteiger partial charge is 0.355 e. The third kappa shape index (κ3) is 4.20. The Bertz CT molecular complexity index is 978. The van der Waals surface area contributed by atoms with Crippen molar-refractivity contribution in [3.05, 3.63) is 58.7 Å². The number of anilines is 2. The first-order valence-corrected chi connectivity index (χ1v) is 11.3. The van der Waals surface area contributed by atoms with Crippen LogP contribution in [0.5, 0.6) is 0 Å². The van der Waals surface area contributed by atoms with E-state index in [0.717, 1.165) is 57.8 Å². The summed E-state index contributed by atoms with van der Waals surface area (Å²) in [6.45, 7) is 6.07. The van der Waals surface area contributed by atoms with Gasteiger partial charge in [-0.25, -0.2) is 9.97 Å². The molecule has 3 heterocycles. The highest BCUT2D eigenvalue weighted by Crippen LogP contribution is 2.26. The summed E-state index contributed by atoms with van der Waals surface area (Å²) in [6.07, 6.45) is 1.85. The molecule has 0 spiro atoms. The lowest BCUT2D eigenvalue weighted by Gasteiger charge is -2.27. The van der Waals surface area contributed by atoms with E-state index in [1.54, 1.807) is 5.38 Å². The van der Waals surface area contributed by atoms with Crippen LogP contribution in [0, 0.1) is 13.8 Å². The SMILES string of the molecule is Cc1ccc(C)c(NC(=O)c2csc(-c3ccc(N4CCSCC4)nc3)n2)c1. The van der Waals surface area contributed by atoms with Crippen LogP contribution in [0.15, 0.2) is 41.9 Å². The van der Waals surface area contributed by atoms with Gasteiger partial charge in [0.15, 0.2) is 0 Å². The summed E-state index contributed by atoms with van der Waals surface area (Å²) in [5, 5.41) is 5.57. The van der Waals surface area contributed by atoms with Gasteiger partial charge in [-0.05, 0) is 43.2 Å². The molecule has 1 aliphatic rings. The van der Waals surface area contributed by atoms with Gasteiger partial charge in [0.05, 0.1) is 0 Å². The zero-order valence-electron chi connectivity index (χ0n) is 15.9. The van der Waals surface area contributed by atoms with Crippen molar-refractivity contribution < 1.29 is 4.79 Å². The Labute approximate surface area is 173 Å². The Balaban J connectivity index is 1.47. The van der Waals surface area contributed by atoms with E-state index in [9.17, 15) is 4.79 Å². The summed E-state index contributed by atoms with van der Waals surface area (Å²) in [4.78, 5) is 24.0. The molecule has 28 heavy (non-hydrogen) atoms. The number of benzene rings is 1. The van der Waals surface area contributed by atoms with Crippen LogP contribution in [0.1, 0.15) is 21.6 Å². The fraction of sp³-hybridized carbons (Fsp3) is 0.286. The molecule has 2 aromatic heterocycles. The third-order valence-electron chi connectivity index (χ3n) is 4.71. The van der Waals surface area contributed by atoms with Crippen LogP contribution in [0.3, 0.4) is 0 Å². The Morgan fingerprint density at radius 2 is 1.96 bits per heavy atom. The van der Waals surface area contributed by atoms with Gasteiger partial charge in [-0.2, -0.15) is 11.8 Å². The standard InChI is InChI=1S/C21H22N4OS2/c1-14-3-4-15(2)17(11-14)23-20(26)18-13-28-21(24-18)16-5-6-19(22-12-16)25-7-9-27-10-8-25/h3-6,11-13H,7-10H2,1-2H3,(H,23,26). The van der Waals surface area contributed by atoms with Gasteiger partial charge in [-0.3, -0.25) is 4.79 Å². The Morgan fingerprint density at radius 3 is 2.71 bits per heavy atom. The quantitative estimate of drug-likeness (QED) is 0.680. The van der Waals surface area contributed by atoms with Crippen molar-refractivity contribution in [3.8, 4) is 10.6 Å². The number of rotatable bonds is 4. The van der Waals surface area contributed by atoms with Crippen LogP contribution in [0.25, 0.3) is 10.6 Å². The molecule has 0 atom stereocenters. The minimum Gasteiger partial charge on any atom is -0.355 e. The maximum Gasteiger partial charge on any atom is 0.275 e. The molecule has 3 aromatic rings. The topological polar surface area (TPSA) is 58.1 Å². The summed E-state index contributed by atoms with van der Waals surface area (Å²) in [5.41, 5.74) is 4.33. The molecular formula is C21H22N4OS2. The van der Waals surface area contributed by atoms with Crippen molar-refractivity contribution in [3.63, 3.8) is 0 Å². The van der Waals surface area contributed by atoms with Crippen LogP contribution in [-0.2, 0) is 0 Å². The normalized spacial score (nSPS) is 14.1. The number of hydrogen-bond acceptors (Lipinski definition) is 6. The van der Waals surface area contributed by atoms with Crippen LogP contribution >= 0.6 is 23.1 Å². The fourth-order valence-corrected chi connectivity index (χ4v) is 4.75. The van der Waals surface area contributed by atoms with Crippen LogP contribution < -0.4 is 10.2 Å². The number of pyridine rings is 1. The van der Waals surface area contributed by atoms with Gasteiger partial charge < -0.3 is 10.2 Å². The van der Waals surface area contributed by atoms with E-state index >= 15 is 0 Å². The first-order chi connectivity index (χ1) is 13.6. The lowest BCUT2D eigenvalue weighted by molar-refractivity contribution is 0.102. The Hall–Kier alpha value is -2.38. The molecule has 1 fully saturated rings. The first kappa shape index (κ1) is 19.0. The number of nitrogens with zero attached hydrogens (tertiary/aromatic N) is 3. The van der Waals surface area contributed by atoms with Crippen LogP contribution in [0.2, 0.25) is 0 Å². The van der Waals surface area contributed by atoms with E-state index < -0.39 is 0 Å². The van der Waals surface area contributed by atoms with Crippen molar-refractivity contribution in [2.24, 2.45) is 0 Å². The summed E-state index contributed by atoms with van der Waals surface area (Å²) in [6, 6.07) is 10.1. The highest BCUT2D eigenvalue weighted by Gasteiger charge is 2.15. The monoisotopic (exact) mass is 410 g/mol. The van der Waals surface area contributed by atoms with Crippen LogP contribution in [0.4, 0.5) is 11.5 Å². The van der Waals surface area contributed by atoms with Gasteiger partial charge in [0.1, 0.15) is 16.5 Å².